The molecular formula is C26H33N3O2. The average molecular weight is 420 g/mol. The van der Waals surface area contributed by atoms with Gasteiger partial charge >= 0.3 is 0 Å². The molecular weight excluding hydrogens is 386 g/mol. The first kappa shape index (κ1) is 20.4. The van der Waals surface area contributed by atoms with Gasteiger partial charge in [0.2, 0.25) is 5.91 Å². The molecule has 2 aromatic rings. The second-order valence-corrected chi connectivity index (χ2v) is 9.19. The van der Waals surface area contributed by atoms with Crippen LogP contribution in [-0.2, 0) is 16.6 Å². The van der Waals surface area contributed by atoms with Gasteiger partial charge in [-0.05, 0) is 68.0 Å². The maximum atomic E-state index is 13.0. The molecule has 2 aliphatic heterocycles. The highest BCUT2D eigenvalue weighted by Gasteiger charge is 2.48. The third-order valence-electron chi connectivity index (χ3n) is 7.49. The lowest BCUT2D eigenvalue weighted by atomic mass is 9.68. The van der Waals surface area contributed by atoms with E-state index in [-0.39, 0.29) is 11.3 Å². The third-order valence-corrected chi connectivity index (χ3v) is 7.49. The molecule has 3 aliphatic rings. The summed E-state index contributed by atoms with van der Waals surface area (Å²) in [6, 6.07) is 14.7. The van der Waals surface area contributed by atoms with Crippen molar-refractivity contribution < 1.29 is 9.53 Å². The second-order valence-electron chi connectivity index (χ2n) is 9.19. The van der Waals surface area contributed by atoms with E-state index in [9.17, 15) is 4.79 Å². The minimum absolute atomic E-state index is 0.236. The number of nitrogens with one attached hydrogen (secondary N) is 1. The van der Waals surface area contributed by atoms with Gasteiger partial charge in [0.15, 0.2) is 0 Å². The van der Waals surface area contributed by atoms with Crippen LogP contribution in [0.3, 0.4) is 0 Å². The number of amides is 1. The topological polar surface area (TPSA) is 44.8 Å². The van der Waals surface area contributed by atoms with Crippen molar-refractivity contribution in [3.8, 4) is 5.75 Å². The van der Waals surface area contributed by atoms with E-state index < -0.39 is 0 Å². The molecule has 2 aromatic carbocycles. The molecule has 1 amide bonds. The highest BCUT2D eigenvalue weighted by molar-refractivity contribution is 6.07. The van der Waals surface area contributed by atoms with E-state index in [0.717, 1.165) is 82.7 Å². The fourth-order valence-corrected chi connectivity index (χ4v) is 5.88. The summed E-state index contributed by atoms with van der Waals surface area (Å²) in [5.41, 5.74) is 4.69. The SMILES string of the molecule is COc1ccccc1N1CCN(CCCCC23CCCc4cccc(c42)NC3=O)CC1. The van der Waals surface area contributed by atoms with E-state index in [1.807, 2.05) is 12.1 Å². The molecule has 1 atom stereocenters. The molecule has 2 heterocycles. The fraction of sp³-hybridized carbons (Fsp3) is 0.500. The van der Waals surface area contributed by atoms with Gasteiger partial charge in [0.1, 0.15) is 5.75 Å². The van der Waals surface area contributed by atoms with Crippen molar-refractivity contribution in [3.63, 3.8) is 0 Å². The second kappa shape index (κ2) is 8.54. The highest BCUT2D eigenvalue weighted by atomic mass is 16.5. The number of carbonyl (C=O) groups is 1. The summed E-state index contributed by atoms with van der Waals surface area (Å²) in [5.74, 6) is 1.19. The minimum Gasteiger partial charge on any atom is -0.495 e. The maximum absolute atomic E-state index is 13.0. The molecule has 1 unspecified atom stereocenters. The molecule has 1 aliphatic carbocycles. The average Bonchev–Trinajstić information content (AvgIpc) is 3.10. The van der Waals surface area contributed by atoms with Crippen molar-refractivity contribution >= 4 is 17.3 Å². The standard InChI is InChI=1S/C26H33N3O2/c1-31-23-12-3-2-11-22(23)29-18-16-28(17-19-29)15-5-4-13-26-14-7-9-20-8-6-10-21(24(20)26)27-25(26)30/h2-3,6,8,10-12H,4-5,7,9,13-19H2,1H3,(H,27,30). The lowest BCUT2D eigenvalue weighted by Gasteiger charge is -2.37. The molecule has 1 N–H and O–H groups in total. The van der Waals surface area contributed by atoms with Crippen molar-refractivity contribution in [3.05, 3.63) is 53.6 Å². The fourth-order valence-electron chi connectivity index (χ4n) is 5.88. The number of methoxy groups -OCH3 is 1. The Morgan fingerprint density at radius 3 is 2.71 bits per heavy atom. The molecule has 31 heavy (non-hydrogen) atoms. The first-order valence-electron chi connectivity index (χ1n) is 11.8. The summed E-state index contributed by atoms with van der Waals surface area (Å²) in [5, 5.41) is 3.17. The Hall–Kier alpha value is -2.53. The normalized spacial score (nSPS) is 22.9. The number of carbonyl (C=O) groups excluding carboxylic acids is 1. The summed E-state index contributed by atoms with van der Waals surface area (Å²) in [6.45, 7) is 5.34. The zero-order valence-electron chi connectivity index (χ0n) is 18.5. The Morgan fingerprint density at radius 2 is 1.87 bits per heavy atom. The van der Waals surface area contributed by atoms with Crippen LogP contribution < -0.4 is 15.0 Å². The summed E-state index contributed by atoms with van der Waals surface area (Å²) >= 11 is 0. The monoisotopic (exact) mass is 419 g/mol. The number of aryl methyl sites for hydroxylation is 1. The van der Waals surface area contributed by atoms with Crippen LogP contribution in [0.1, 0.15) is 43.2 Å². The smallest absolute Gasteiger partial charge is 0.235 e. The molecule has 164 valence electrons. The number of rotatable bonds is 7. The van der Waals surface area contributed by atoms with Gasteiger partial charge in [-0.1, -0.05) is 30.7 Å². The maximum Gasteiger partial charge on any atom is 0.235 e. The van der Waals surface area contributed by atoms with Crippen molar-refractivity contribution in [2.24, 2.45) is 0 Å². The highest BCUT2D eigenvalue weighted by Crippen LogP contribution is 2.49. The number of para-hydroxylation sites is 2. The minimum atomic E-state index is -0.271. The number of hydrogen-bond donors (Lipinski definition) is 1. The van der Waals surface area contributed by atoms with Gasteiger partial charge in [0.25, 0.3) is 0 Å². The van der Waals surface area contributed by atoms with E-state index in [2.05, 4.69) is 45.4 Å². The zero-order valence-corrected chi connectivity index (χ0v) is 18.5. The lowest BCUT2D eigenvalue weighted by Crippen LogP contribution is -2.46. The van der Waals surface area contributed by atoms with Crippen LogP contribution in [0.25, 0.3) is 0 Å². The molecule has 0 bridgehead atoms. The summed E-state index contributed by atoms with van der Waals surface area (Å²) < 4.78 is 5.53. The van der Waals surface area contributed by atoms with Crippen LogP contribution in [-0.4, -0.2) is 50.6 Å². The molecule has 1 saturated heterocycles. The number of hydrogen-bond acceptors (Lipinski definition) is 4. The molecule has 5 nitrogen and oxygen atoms in total. The number of nitrogens with zero attached hydrogens (tertiary/aromatic N) is 2. The van der Waals surface area contributed by atoms with E-state index in [4.69, 9.17) is 4.74 Å². The quantitative estimate of drug-likeness (QED) is 0.683. The molecule has 5 heteroatoms. The van der Waals surface area contributed by atoms with Crippen LogP contribution in [0, 0.1) is 0 Å². The van der Waals surface area contributed by atoms with E-state index in [0.29, 0.717) is 0 Å². The van der Waals surface area contributed by atoms with E-state index in [1.54, 1.807) is 7.11 Å². The summed E-state index contributed by atoms with van der Waals surface area (Å²) in [7, 11) is 1.74. The Labute approximate surface area is 185 Å². The van der Waals surface area contributed by atoms with Crippen LogP contribution in [0.5, 0.6) is 5.75 Å². The number of benzene rings is 2. The number of ether oxygens (including phenoxy) is 1. The zero-order chi connectivity index (χ0) is 21.3. The lowest BCUT2D eigenvalue weighted by molar-refractivity contribution is -0.121. The summed E-state index contributed by atoms with van der Waals surface area (Å²) in [6.07, 6.45) is 6.46. The van der Waals surface area contributed by atoms with Crippen molar-refractivity contribution in [2.45, 2.75) is 43.9 Å². The van der Waals surface area contributed by atoms with Crippen LogP contribution >= 0.6 is 0 Å². The van der Waals surface area contributed by atoms with E-state index in [1.165, 1.54) is 16.8 Å². The Morgan fingerprint density at radius 1 is 1.03 bits per heavy atom. The van der Waals surface area contributed by atoms with Gasteiger partial charge < -0.3 is 15.0 Å². The van der Waals surface area contributed by atoms with Crippen molar-refractivity contribution in [2.75, 3.05) is 50.1 Å². The Kier molecular flexibility index (Phi) is 5.61. The van der Waals surface area contributed by atoms with Crippen LogP contribution in [0.4, 0.5) is 11.4 Å². The Bertz CT molecular complexity index is 951. The summed E-state index contributed by atoms with van der Waals surface area (Å²) in [4.78, 5) is 17.9. The van der Waals surface area contributed by atoms with Gasteiger partial charge in [0.05, 0.1) is 18.2 Å². The van der Waals surface area contributed by atoms with Gasteiger partial charge in [0, 0.05) is 31.9 Å². The molecule has 0 saturated carbocycles. The molecule has 0 aromatic heterocycles. The number of anilines is 2. The van der Waals surface area contributed by atoms with Crippen molar-refractivity contribution in [1.82, 2.24) is 4.90 Å². The number of unbranched alkanes of at least 4 members (excludes halogenated alkanes) is 1. The third kappa shape index (κ3) is 3.69. The van der Waals surface area contributed by atoms with Gasteiger partial charge in [-0.15, -0.1) is 0 Å². The van der Waals surface area contributed by atoms with Crippen LogP contribution in [0.2, 0.25) is 0 Å². The first-order chi connectivity index (χ1) is 15.2. The predicted octanol–water partition coefficient (Wildman–Crippen LogP) is 4.21. The van der Waals surface area contributed by atoms with Crippen molar-refractivity contribution in [1.29, 1.82) is 0 Å². The molecule has 0 spiro atoms. The van der Waals surface area contributed by atoms with Gasteiger partial charge in [-0.3, -0.25) is 9.69 Å². The van der Waals surface area contributed by atoms with Gasteiger partial charge in [-0.2, -0.15) is 0 Å². The van der Waals surface area contributed by atoms with E-state index >= 15 is 0 Å². The Balaban J connectivity index is 1.14. The number of piperazine rings is 1. The molecule has 0 radical (unpaired) electrons. The van der Waals surface area contributed by atoms with Crippen LogP contribution in [0.15, 0.2) is 42.5 Å². The first-order valence-corrected chi connectivity index (χ1v) is 11.8. The predicted molar refractivity (Wildman–Crippen MR) is 125 cm³/mol. The molecule has 1 fully saturated rings. The molecule has 5 rings (SSSR count). The van der Waals surface area contributed by atoms with Gasteiger partial charge in [-0.25, -0.2) is 0 Å². The largest absolute Gasteiger partial charge is 0.495 e.